The smallest absolute Gasteiger partial charge is 0.227 e. The summed E-state index contributed by atoms with van der Waals surface area (Å²) in [4.78, 5) is 20.2. The highest BCUT2D eigenvalue weighted by Crippen LogP contribution is 2.09. The maximum Gasteiger partial charge on any atom is 0.227 e. The summed E-state index contributed by atoms with van der Waals surface area (Å²) in [5.74, 6) is 1.14. The Morgan fingerprint density at radius 3 is 2.44 bits per heavy atom. The first-order valence-electron chi connectivity index (χ1n) is 8.48. The molecule has 27 heavy (non-hydrogen) atoms. The van der Waals surface area contributed by atoms with Gasteiger partial charge in [-0.25, -0.2) is 4.98 Å². The highest BCUT2D eigenvalue weighted by atomic mass is 127. The zero-order valence-corrected chi connectivity index (χ0v) is 18.5. The van der Waals surface area contributed by atoms with Crippen LogP contribution in [0.4, 0.5) is 5.82 Å². The number of aromatic nitrogens is 1. The lowest BCUT2D eigenvalue weighted by atomic mass is 10.1. The third-order valence-electron chi connectivity index (χ3n) is 3.67. The van der Waals surface area contributed by atoms with Crippen LogP contribution in [-0.4, -0.2) is 37.0 Å². The van der Waals surface area contributed by atoms with Crippen LogP contribution in [0.5, 0.6) is 0 Å². The van der Waals surface area contributed by atoms with Crippen molar-refractivity contribution in [1.82, 2.24) is 15.6 Å². The molecule has 8 heteroatoms. The number of nitrogens with zero attached hydrogens (tertiary/aromatic N) is 2. The molecule has 0 aliphatic rings. The maximum atomic E-state index is 11.9. The molecule has 0 saturated carbocycles. The van der Waals surface area contributed by atoms with E-state index in [1.54, 1.807) is 19.3 Å². The van der Waals surface area contributed by atoms with Crippen molar-refractivity contribution in [3.8, 4) is 0 Å². The molecule has 2 aromatic rings. The number of hydrogen-bond acceptors (Lipinski definition) is 3. The Balaban J connectivity index is 0.00000364. The first kappa shape index (κ1) is 23.2. The molecule has 0 unspecified atom stereocenters. The fourth-order valence-electron chi connectivity index (χ4n) is 2.24. The molecule has 0 aliphatic carbocycles. The quantitative estimate of drug-likeness (QED) is 0.309. The minimum Gasteiger partial charge on any atom is -0.356 e. The Bertz CT molecular complexity index is 735. The van der Waals surface area contributed by atoms with E-state index in [2.05, 4.69) is 25.9 Å². The number of amides is 1. The molecule has 0 spiro atoms. The van der Waals surface area contributed by atoms with E-state index in [0.29, 0.717) is 24.7 Å². The van der Waals surface area contributed by atoms with E-state index in [9.17, 15) is 4.79 Å². The number of anilines is 1. The standard InChI is InChI=1S/C19H24ClN5O.HI/c1-14-3-8-17(24-13-14)25-18(26)10-12-23-19(21-2)22-11-9-15-4-6-16(20)7-5-15;/h3-8,13H,9-12H2,1-2H3,(H2,21,22,23)(H,24,25,26);1H. The number of nitrogens with one attached hydrogen (secondary N) is 3. The first-order chi connectivity index (χ1) is 12.6. The molecule has 6 nitrogen and oxygen atoms in total. The van der Waals surface area contributed by atoms with Gasteiger partial charge in [0.25, 0.3) is 0 Å². The van der Waals surface area contributed by atoms with Gasteiger partial charge in [-0.1, -0.05) is 29.8 Å². The maximum absolute atomic E-state index is 11.9. The third kappa shape index (κ3) is 9.05. The van der Waals surface area contributed by atoms with Crippen molar-refractivity contribution < 1.29 is 4.79 Å². The van der Waals surface area contributed by atoms with Gasteiger partial charge in [0.15, 0.2) is 5.96 Å². The minimum atomic E-state index is -0.0922. The van der Waals surface area contributed by atoms with E-state index < -0.39 is 0 Å². The summed E-state index contributed by atoms with van der Waals surface area (Å²) in [7, 11) is 1.70. The van der Waals surface area contributed by atoms with Crippen LogP contribution >= 0.6 is 35.6 Å². The Kier molecular flexibility index (Phi) is 10.7. The zero-order chi connectivity index (χ0) is 18.8. The molecule has 0 bridgehead atoms. The van der Waals surface area contributed by atoms with Crippen LogP contribution < -0.4 is 16.0 Å². The topological polar surface area (TPSA) is 78.4 Å². The van der Waals surface area contributed by atoms with Crippen LogP contribution in [-0.2, 0) is 11.2 Å². The molecule has 1 aromatic carbocycles. The van der Waals surface area contributed by atoms with Crippen molar-refractivity contribution in [3.05, 3.63) is 58.7 Å². The average molecular weight is 502 g/mol. The van der Waals surface area contributed by atoms with Crippen LogP contribution in [0.2, 0.25) is 5.02 Å². The van der Waals surface area contributed by atoms with Crippen LogP contribution in [0.1, 0.15) is 17.5 Å². The lowest BCUT2D eigenvalue weighted by Crippen LogP contribution is -2.39. The Labute approximate surface area is 182 Å². The number of aliphatic imine (C=N–C) groups is 1. The van der Waals surface area contributed by atoms with Gasteiger partial charge in [-0.05, 0) is 42.7 Å². The van der Waals surface area contributed by atoms with Gasteiger partial charge in [0.1, 0.15) is 5.82 Å². The number of rotatable bonds is 7. The number of halogens is 2. The van der Waals surface area contributed by atoms with Crippen LogP contribution in [0.3, 0.4) is 0 Å². The largest absolute Gasteiger partial charge is 0.356 e. The molecule has 146 valence electrons. The summed E-state index contributed by atoms with van der Waals surface area (Å²) >= 11 is 5.88. The summed E-state index contributed by atoms with van der Waals surface area (Å²) in [6, 6.07) is 11.5. The van der Waals surface area contributed by atoms with Crippen molar-refractivity contribution in [1.29, 1.82) is 0 Å². The summed E-state index contributed by atoms with van der Waals surface area (Å²) < 4.78 is 0. The lowest BCUT2D eigenvalue weighted by Gasteiger charge is -2.12. The van der Waals surface area contributed by atoms with E-state index in [0.717, 1.165) is 23.6 Å². The second-order valence-corrected chi connectivity index (χ2v) is 6.26. The Morgan fingerprint density at radius 2 is 1.81 bits per heavy atom. The van der Waals surface area contributed by atoms with Crippen molar-refractivity contribution in [3.63, 3.8) is 0 Å². The Morgan fingerprint density at radius 1 is 1.11 bits per heavy atom. The number of carbonyl (C=O) groups excluding carboxylic acids is 1. The van der Waals surface area contributed by atoms with Crippen molar-refractivity contribution in [2.75, 3.05) is 25.5 Å². The van der Waals surface area contributed by atoms with E-state index in [-0.39, 0.29) is 29.9 Å². The van der Waals surface area contributed by atoms with Gasteiger partial charge in [0, 0.05) is 37.8 Å². The van der Waals surface area contributed by atoms with E-state index in [4.69, 9.17) is 11.6 Å². The Hall–Kier alpha value is -1.87. The van der Waals surface area contributed by atoms with E-state index in [1.807, 2.05) is 37.3 Å². The molecule has 0 radical (unpaired) electrons. The van der Waals surface area contributed by atoms with Crippen LogP contribution in [0.25, 0.3) is 0 Å². The average Bonchev–Trinajstić information content (AvgIpc) is 2.64. The minimum absolute atomic E-state index is 0. The number of benzene rings is 1. The summed E-state index contributed by atoms with van der Waals surface area (Å²) in [6.07, 6.45) is 2.91. The fraction of sp³-hybridized carbons (Fsp3) is 0.316. The van der Waals surface area contributed by atoms with Gasteiger partial charge in [0.05, 0.1) is 0 Å². The van der Waals surface area contributed by atoms with Crippen molar-refractivity contribution >= 4 is 53.3 Å². The molecule has 1 amide bonds. The molecular weight excluding hydrogens is 477 g/mol. The zero-order valence-electron chi connectivity index (χ0n) is 15.5. The summed E-state index contributed by atoms with van der Waals surface area (Å²) in [5, 5.41) is 9.85. The number of pyridine rings is 1. The fourth-order valence-corrected chi connectivity index (χ4v) is 2.36. The SMILES string of the molecule is CN=C(NCCC(=O)Nc1ccc(C)cn1)NCCc1ccc(Cl)cc1.I. The van der Waals surface area contributed by atoms with Gasteiger partial charge in [0.2, 0.25) is 5.91 Å². The molecule has 3 N–H and O–H groups in total. The van der Waals surface area contributed by atoms with Crippen molar-refractivity contribution in [2.45, 2.75) is 19.8 Å². The monoisotopic (exact) mass is 501 g/mol. The predicted octanol–water partition coefficient (Wildman–Crippen LogP) is 3.40. The molecular formula is C19H25ClIN5O. The molecule has 0 fully saturated rings. The summed E-state index contributed by atoms with van der Waals surface area (Å²) in [6.45, 7) is 3.17. The van der Waals surface area contributed by atoms with Gasteiger partial charge in [-0.2, -0.15) is 0 Å². The molecule has 2 rings (SSSR count). The second kappa shape index (κ2) is 12.5. The highest BCUT2D eigenvalue weighted by Gasteiger charge is 2.04. The van der Waals surface area contributed by atoms with Crippen LogP contribution in [0.15, 0.2) is 47.6 Å². The van der Waals surface area contributed by atoms with Crippen molar-refractivity contribution in [2.24, 2.45) is 4.99 Å². The van der Waals surface area contributed by atoms with Gasteiger partial charge >= 0.3 is 0 Å². The second-order valence-electron chi connectivity index (χ2n) is 5.82. The van der Waals surface area contributed by atoms with E-state index in [1.165, 1.54) is 5.56 Å². The summed E-state index contributed by atoms with van der Waals surface area (Å²) in [5.41, 5.74) is 2.25. The van der Waals surface area contributed by atoms with Crippen LogP contribution in [0, 0.1) is 6.92 Å². The van der Waals surface area contributed by atoms with E-state index >= 15 is 0 Å². The molecule has 1 aromatic heterocycles. The molecule has 0 atom stereocenters. The number of carbonyl (C=O) groups is 1. The number of hydrogen-bond donors (Lipinski definition) is 3. The van der Waals surface area contributed by atoms with Gasteiger partial charge in [-0.3, -0.25) is 9.79 Å². The van der Waals surface area contributed by atoms with Gasteiger partial charge < -0.3 is 16.0 Å². The number of guanidine groups is 1. The number of aryl methyl sites for hydroxylation is 1. The highest BCUT2D eigenvalue weighted by molar-refractivity contribution is 14.0. The molecule has 0 saturated heterocycles. The lowest BCUT2D eigenvalue weighted by molar-refractivity contribution is -0.116. The molecule has 0 aliphatic heterocycles. The third-order valence-corrected chi connectivity index (χ3v) is 3.92. The molecule has 1 heterocycles. The van der Waals surface area contributed by atoms with Gasteiger partial charge in [-0.15, -0.1) is 24.0 Å². The predicted molar refractivity (Wildman–Crippen MR) is 122 cm³/mol. The normalized spacial score (nSPS) is 10.7. The first-order valence-corrected chi connectivity index (χ1v) is 8.86.